The maximum atomic E-state index is 8.67. The smallest absolute Gasteiger partial charge is 0.127 e. The summed E-state index contributed by atoms with van der Waals surface area (Å²) in [6.07, 6.45) is 0.232. The molecule has 2 N–H and O–H groups in total. The molecule has 0 bridgehead atoms. The third-order valence-electron chi connectivity index (χ3n) is 2.37. The predicted molar refractivity (Wildman–Crippen MR) is 68.7 cm³/mol. The number of hydrogen-bond acceptors (Lipinski definition) is 4. The van der Waals surface area contributed by atoms with Crippen molar-refractivity contribution in [2.24, 2.45) is 5.73 Å². The zero-order valence-corrected chi connectivity index (χ0v) is 11.0. The van der Waals surface area contributed by atoms with Crippen LogP contribution in [0.3, 0.4) is 0 Å². The number of methoxy groups -OCH3 is 2. The van der Waals surface area contributed by atoms with E-state index in [2.05, 4.69) is 0 Å². The molecule has 0 heterocycles. The van der Waals surface area contributed by atoms with E-state index in [9.17, 15) is 0 Å². The van der Waals surface area contributed by atoms with Crippen LogP contribution in [0.4, 0.5) is 0 Å². The summed E-state index contributed by atoms with van der Waals surface area (Å²) in [6, 6.07) is 5.42. The van der Waals surface area contributed by atoms with Crippen molar-refractivity contribution in [3.05, 3.63) is 23.3 Å². The Bertz CT molecular complexity index is 390. The van der Waals surface area contributed by atoms with Crippen LogP contribution in [-0.2, 0) is 0 Å². The van der Waals surface area contributed by atoms with Gasteiger partial charge in [0.05, 0.1) is 38.3 Å². The van der Waals surface area contributed by atoms with Gasteiger partial charge in [0.2, 0.25) is 0 Å². The highest BCUT2D eigenvalue weighted by Crippen LogP contribution is 2.35. The highest BCUT2D eigenvalue weighted by molar-refractivity contribution is 5.85. The van der Waals surface area contributed by atoms with Crippen LogP contribution in [-0.4, -0.2) is 14.2 Å². The van der Waals surface area contributed by atoms with E-state index >= 15 is 0 Å². The normalized spacial score (nSPS) is 11.0. The largest absolute Gasteiger partial charge is 0.496 e. The Morgan fingerprint density at radius 2 is 1.76 bits per heavy atom. The van der Waals surface area contributed by atoms with Gasteiger partial charge in [0.15, 0.2) is 0 Å². The quantitative estimate of drug-likeness (QED) is 0.898. The number of nitriles is 1. The molecule has 0 saturated heterocycles. The molecule has 0 aliphatic heterocycles. The summed E-state index contributed by atoms with van der Waals surface area (Å²) in [6.45, 7) is 1.95. The molecule has 0 aromatic heterocycles. The Morgan fingerprint density at radius 3 is 2.12 bits per heavy atom. The van der Waals surface area contributed by atoms with Crippen molar-refractivity contribution in [1.29, 1.82) is 5.26 Å². The lowest BCUT2D eigenvalue weighted by Crippen LogP contribution is -2.12. The van der Waals surface area contributed by atoms with Gasteiger partial charge in [-0.05, 0) is 24.6 Å². The zero-order valence-electron chi connectivity index (χ0n) is 10.2. The van der Waals surface area contributed by atoms with Crippen LogP contribution in [0.25, 0.3) is 0 Å². The molecular weight excluding hydrogens is 240 g/mol. The Morgan fingerprint density at radius 1 is 1.29 bits per heavy atom. The summed E-state index contributed by atoms with van der Waals surface area (Å²) in [5.41, 5.74) is 7.70. The summed E-state index contributed by atoms with van der Waals surface area (Å²) in [5, 5.41) is 8.67. The summed E-state index contributed by atoms with van der Waals surface area (Å²) in [4.78, 5) is 0. The van der Waals surface area contributed by atoms with Gasteiger partial charge in [0, 0.05) is 0 Å². The number of benzene rings is 1. The van der Waals surface area contributed by atoms with E-state index in [-0.39, 0.29) is 18.8 Å². The van der Waals surface area contributed by atoms with Gasteiger partial charge >= 0.3 is 0 Å². The topological polar surface area (TPSA) is 68.3 Å². The molecule has 0 spiro atoms. The molecule has 4 nitrogen and oxygen atoms in total. The highest BCUT2D eigenvalue weighted by atomic mass is 35.5. The van der Waals surface area contributed by atoms with E-state index in [0.29, 0.717) is 11.5 Å². The number of halogens is 1. The second kappa shape index (κ2) is 7.00. The molecule has 1 aromatic rings. The molecule has 1 atom stereocenters. The van der Waals surface area contributed by atoms with Gasteiger partial charge in [-0.3, -0.25) is 0 Å². The molecule has 0 radical (unpaired) electrons. The van der Waals surface area contributed by atoms with Gasteiger partial charge in [0.25, 0.3) is 0 Å². The summed E-state index contributed by atoms with van der Waals surface area (Å²) < 4.78 is 10.5. The van der Waals surface area contributed by atoms with Crippen LogP contribution >= 0.6 is 12.4 Å². The van der Waals surface area contributed by atoms with Crippen LogP contribution in [0, 0.1) is 18.3 Å². The third-order valence-corrected chi connectivity index (χ3v) is 2.37. The Kier molecular flexibility index (Phi) is 6.40. The van der Waals surface area contributed by atoms with E-state index in [4.69, 9.17) is 20.5 Å². The Balaban J connectivity index is 0.00000256. The highest BCUT2D eigenvalue weighted by Gasteiger charge is 2.18. The van der Waals surface area contributed by atoms with Gasteiger partial charge in [-0.2, -0.15) is 5.26 Å². The van der Waals surface area contributed by atoms with Crippen LogP contribution in [0.15, 0.2) is 12.1 Å². The lowest BCUT2D eigenvalue weighted by Gasteiger charge is -2.17. The van der Waals surface area contributed by atoms with Crippen LogP contribution in [0.5, 0.6) is 11.5 Å². The van der Waals surface area contributed by atoms with E-state index in [1.807, 2.05) is 25.1 Å². The first-order valence-electron chi connectivity index (χ1n) is 4.99. The van der Waals surface area contributed by atoms with Gasteiger partial charge in [-0.1, -0.05) is 0 Å². The maximum absolute atomic E-state index is 8.67. The average molecular weight is 257 g/mol. The molecule has 0 saturated carbocycles. The molecule has 0 amide bonds. The SMILES string of the molecule is COc1cc(C)cc(OC)c1[C@@H](N)CC#N.Cl. The summed E-state index contributed by atoms with van der Waals surface area (Å²) in [7, 11) is 3.16. The van der Waals surface area contributed by atoms with Gasteiger partial charge in [-0.15, -0.1) is 12.4 Å². The van der Waals surface area contributed by atoms with E-state index in [1.54, 1.807) is 14.2 Å². The van der Waals surface area contributed by atoms with Gasteiger partial charge < -0.3 is 15.2 Å². The minimum Gasteiger partial charge on any atom is -0.496 e. The molecule has 0 unspecified atom stereocenters. The van der Waals surface area contributed by atoms with Crippen molar-refractivity contribution >= 4 is 12.4 Å². The minimum atomic E-state index is -0.393. The third kappa shape index (κ3) is 3.52. The number of rotatable bonds is 4. The first kappa shape index (κ1) is 15.6. The number of ether oxygens (including phenoxy) is 2. The molecule has 0 fully saturated rings. The Labute approximate surface area is 108 Å². The number of nitrogens with two attached hydrogens (primary N) is 1. The van der Waals surface area contributed by atoms with Crippen molar-refractivity contribution in [2.45, 2.75) is 19.4 Å². The van der Waals surface area contributed by atoms with Gasteiger partial charge in [-0.25, -0.2) is 0 Å². The second-order valence-electron chi connectivity index (χ2n) is 3.55. The second-order valence-corrected chi connectivity index (χ2v) is 3.55. The fourth-order valence-electron chi connectivity index (χ4n) is 1.64. The predicted octanol–water partition coefficient (Wildman–Crippen LogP) is 2.35. The minimum absolute atomic E-state index is 0. The van der Waals surface area contributed by atoms with Crippen molar-refractivity contribution < 1.29 is 9.47 Å². The lowest BCUT2D eigenvalue weighted by molar-refractivity contribution is 0.379. The van der Waals surface area contributed by atoms with E-state index in [1.165, 1.54) is 0 Å². The molecule has 17 heavy (non-hydrogen) atoms. The first-order valence-corrected chi connectivity index (χ1v) is 4.99. The number of aryl methyl sites for hydroxylation is 1. The fraction of sp³-hybridized carbons (Fsp3) is 0.417. The molecule has 94 valence electrons. The molecule has 1 aromatic carbocycles. The first-order chi connectivity index (χ1) is 7.63. The van der Waals surface area contributed by atoms with Crippen LogP contribution in [0.1, 0.15) is 23.6 Å². The molecule has 0 aliphatic rings. The lowest BCUT2D eigenvalue weighted by atomic mass is 10.0. The average Bonchev–Trinajstić information content (AvgIpc) is 2.27. The van der Waals surface area contributed by atoms with Gasteiger partial charge in [0.1, 0.15) is 11.5 Å². The molecule has 0 aliphatic carbocycles. The molecule has 1 rings (SSSR count). The van der Waals surface area contributed by atoms with Crippen molar-refractivity contribution in [3.63, 3.8) is 0 Å². The van der Waals surface area contributed by atoms with E-state index < -0.39 is 6.04 Å². The molecule has 5 heteroatoms. The summed E-state index contributed by atoms with van der Waals surface area (Å²) >= 11 is 0. The Hall–Kier alpha value is -1.44. The number of hydrogen-bond donors (Lipinski definition) is 1. The van der Waals surface area contributed by atoms with Crippen molar-refractivity contribution in [2.75, 3.05) is 14.2 Å². The number of nitrogens with zero attached hydrogens (tertiary/aromatic N) is 1. The maximum Gasteiger partial charge on any atom is 0.127 e. The van der Waals surface area contributed by atoms with Crippen molar-refractivity contribution in [1.82, 2.24) is 0 Å². The molecular formula is C12H17ClN2O2. The van der Waals surface area contributed by atoms with Crippen LogP contribution in [0.2, 0.25) is 0 Å². The standard InChI is InChI=1S/C12H16N2O2.ClH/c1-8-6-10(15-2)12(9(14)4-5-13)11(7-8)16-3;/h6-7,9H,4,14H2,1-3H3;1H/t9-;/m0./s1. The van der Waals surface area contributed by atoms with Crippen molar-refractivity contribution in [3.8, 4) is 17.6 Å². The summed E-state index contributed by atoms with van der Waals surface area (Å²) in [5.74, 6) is 1.33. The van der Waals surface area contributed by atoms with E-state index in [0.717, 1.165) is 11.1 Å². The van der Waals surface area contributed by atoms with Crippen LogP contribution < -0.4 is 15.2 Å². The monoisotopic (exact) mass is 256 g/mol. The fourth-order valence-corrected chi connectivity index (χ4v) is 1.64. The zero-order chi connectivity index (χ0) is 12.1.